The molecule has 0 fully saturated rings. The van der Waals surface area contributed by atoms with E-state index >= 15 is 0 Å². The van der Waals surface area contributed by atoms with Gasteiger partial charge in [0.25, 0.3) is 0 Å². The number of nitrogens with zero attached hydrogens (tertiary/aromatic N) is 1. The van der Waals surface area contributed by atoms with Crippen molar-refractivity contribution in [3.05, 3.63) is 94.7 Å². The fourth-order valence-electron chi connectivity index (χ4n) is 2.64. The number of carbonyl (C=O) groups is 1. The van der Waals surface area contributed by atoms with Crippen molar-refractivity contribution >= 4 is 39.8 Å². The average Bonchev–Trinajstić information content (AvgIpc) is 3.44. The molecule has 4 nitrogen and oxygen atoms in total. The normalized spacial score (nSPS) is 10.9. The van der Waals surface area contributed by atoms with E-state index in [1.165, 1.54) is 17.4 Å². The summed E-state index contributed by atoms with van der Waals surface area (Å²) in [6.45, 7) is 0.505. The van der Waals surface area contributed by atoms with Gasteiger partial charge in [0.1, 0.15) is 12.4 Å². The molecule has 0 aliphatic carbocycles. The largest absolute Gasteiger partial charge is 0.489 e. The summed E-state index contributed by atoms with van der Waals surface area (Å²) in [5.41, 5.74) is 2.88. The van der Waals surface area contributed by atoms with Gasteiger partial charge in [-0.2, -0.15) is 0 Å². The van der Waals surface area contributed by atoms with E-state index in [4.69, 9.17) is 4.74 Å². The zero-order valence-electron chi connectivity index (χ0n) is 15.4. The molecule has 2 heterocycles. The molecule has 4 aromatic rings. The standard InChI is InChI=1S/C23H18N2O2S2/c26-22(25-23-24-20(16-29-23)21-10-5-13-28-21)12-11-17-8-4-9-19(14-17)27-15-18-6-2-1-3-7-18/h1-14,16H,15H2,(H,24,25,26)/b12-11+. The Labute approximate surface area is 177 Å². The molecular weight excluding hydrogens is 400 g/mol. The van der Waals surface area contributed by atoms with Crippen LogP contribution in [0, 0.1) is 0 Å². The van der Waals surface area contributed by atoms with Gasteiger partial charge in [-0.1, -0.05) is 48.5 Å². The highest BCUT2D eigenvalue weighted by Crippen LogP contribution is 2.28. The van der Waals surface area contributed by atoms with Gasteiger partial charge >= 0.3 is 0 Å². The minimum absolute atomic E-state index is 0.215. The Morgan fingerprint density at radius 3 is 2.76 bits per heavy atom. The molecule has 0 atom stereocenters. The van der Waals surface area contributed by atoms with Crippen LogP contribution < -0.4 is 10.1 Å². The van der Waals surface area contributed by atoms with E-state index in [0.29, 0.717) is 11.7 Å². The molecule has 2 aromatic carbocycles. The third-order valence-corrected chi connectivity index (χ3v) is 5.69. The number of nitrogens with one attached hydrogen (secondary N) is 1. The second-order valence-electron chi connectivity index (χ2n) is 6.18. The number of hydrogen-bond acceptors (Lipinski definition) is 5. The Morgan fingerprint density at radius 2 is 1.93 bits per heavy atom. The van der Waals surface area contributed by atoms with Gasteiger partial charge in [-0.05, 0) is 40.8 Å². The van der Waals surface area contributed by atoms with Gasteiger partial charge < -0.3 is 4.74 Å². The molecule has 0 radical (unpaired) electrons. The molecule has 0 aliphatic rings. The number of hydrogen-bond donors (Lipinski definition) is 1. The molecule has 0 spiro atoms. The third kappa shape index (κ3) is 5.40. The van der Waals surface area contributed by atoms with Crippen LogP contribution in [0.2, 0.25) is 0 Å². The molecule has 1 N–H and O–H groups in total. The number of anilines is 1. The van der Waals surface area contributed by atoms with Crippen molar-refractivity contribution in [3.63, 3.8) is 0 Å². The van der Waals surface area contributed by atoms with Gasteiger partial charge in [-0.25, -0.2) is 4.98 Å². The molecule has 0 bridgehead atoms. The Hall–Kier alpha value is -3.22. The summed E-state index contributed by atoms with van der Waals surface area (Å²) in [6, 6.07) is 21.7. The number of carbonyl (C=O) groups excluding carboxylic acids is 1. The minimum atomic E-state index is -0.215. The first-order valence-electron chi connectivity index (χ1n) is 9.01. The summed E-state index contributed by atoms with van der Waals surface area (Å²) in [6.07, 6.45) is 3.26. The van der Waals surface area contributed by atoms with E-state index in [-0.39, 0.29) is 5.91 Å². The molecule has 0 saturated heterocycles. The van der Waals surface area contributed by atoms with Gasteiger partial charge in [-0.3, -0.25) is 10.1 Å². The van der Waals surface area contributed by atoms with E-state index in [1.807, 2.05) is 77.5 Å². The molecular formula is C23H18N2O2S2. The number of thiazole rings is 1. The second kappa shape index (κ2) is 9.32. The number of benzene rings is 2. The van der Waals surface area contributed by atoms with Crippen LogP contribution in [0.4, 0.5) is 5.13 Å². The number of aromatic nitrogens is 1. The third-order valence-electron chi connectivity index (χ3n) is 4.04. The number of ether oxygens (including phenoxy) is 1. The van der Waals surface area contributed by atoms with Gasteiger partial charge in [0, 0.05) is 11.5 Å². The Balaban J connectivity index is 1.34. The molecule has 144 valence electrons. The topological polar surface area (TPSA) is 51.2 Å². The van der Waals surface area contributed by atoms with Gasteiger partial charge in [0.2, 0.25) is 5.91 Å². The zero-order valence-corrected chi connectivity index (χ0v) is 17.1. The maximum absolute atomic E-state index is 12.2. The van der Waals surface area contributed by atoms with Crippen LogP contribution in [0.1, 0.15) is 11.1 Å². The lowest BCUT2D eigenvalue weighted by Gasteiger charge is -2.06. The lowest BCUT2D eigenvalue weighted by molar-refractivity contribution is -0.111. The summed E-state index contributed by atoms with van der Waals surface area (Å²) in [5.74, 6) is 0.546. The fraction of sp³-hybridized carbons (Fsp3) is 0.0435. The monoisotopic (exact) mass is 418 g/mol. The SMILES string of the molecule is O=C(/C=C/c1cccc(OCc2ccccc2)c1)Nc1nc(-c2cccs2)cs1. The van der Waals surface area contributed by atoms with Crippen LogP contribution >= 0.6 is 22.7 Å². The first-order chi connectivity index (χ1) is 14.3. The molecule has 2 aromatic heterocycles. The first kappa shape index (κ1) is 19.1. The average molecular weight is 419 g/mol. The molecule has 0 aliphatic heterocycles. The van der Waals surface area contributed by atoms with E-state index in [2.05, 4.69) is 10.3 Å². The molecule has 1 amide bonds. The predicted octanol–water partition coefficient (Wildman–Crippen LogP) is 6.10. The van der Waals surface area contributed by atoms with Crippen molar-refractivity contribution in [1.82, 2.24) is 4.98 Å². The lowest BCUT2D eigenvalue weighted by atomic mass is 10.2. The Morgan fingerprint density at radius 1 is 1.03 bits per heavy atom. The summed E-state index contributed by atoms with van der Waals surface area (Å²) in [7, 11) is 0. The van der Waals surface area contributed by atoms with Crippen LogP contribution in [0.3, 0.4) is 0 Å². The summed E-state index contributed by atoms with van der Waals surface area (Å²) < 4.78 is 5.83. The quantitative estimate of drug-likeness (QED) is 0.369. The van der Waals surface area contributed by atoms with Crippen molar-refractivity contribution < 1.29 is 9.53 Å². The van der Waals surface area contributed by atoms with Gasteiger partial charge in [-0.15, -0.1) is 22.7 Å². The van der Waals surface area contributed by atoms with Crippen LogP contribution in [0.5, 0.6) is 5.75 Å². The van der Waals surface area contributed by atoms with E-state index in [0.717, 1.165) is 27.4 Å². The van der Waals surface area contributed by atoms with Crippen LogP contribution in [-0.2, 0) is 11.4 Å². The molecule has 6 heteroatoms. The number of rotatable bonds is 7. The highest BCUT2D eigenvalue weighted by molar-refractivity contribution is 7.16. The van der Waals surface area contributed by atoms with Crippen LogP contribution in [0.15, 0.2) is 83.6 Å². The maximum atomic E-state index is 12.2. The van der Waals surface area contributed by atoms with E-state index in [9.17, 15) is 4.79 Å². The maximum Gasteiger partial charge on any atom is 0.250 e. The van der Waals surface area contributed by atoms with Crippen molar-refractivity contribution in [1.29, 1.82) is 0 Å². The van der Waals surface area contributed by atoms with Crippen LogP contribution in [0.25, 0.3) is 16.6 Å². The number of thiophene rings is 1. The fourth-order valence-corrected chi connectivity index (χ4v) is 4.11. The highest BCUT2D eigenvalue weighted by atomic mass is 32.1. The van der Waals surface area contributed by atoms with Crippen molar-refractivity contribution in [2.24, 2.45) is 0 Å². The van der Waals surface area contributed by atoms with Crippen LogP contribution in [-0.4, -0.2) is 10.9 Å². The van der Waals surface area contributed by atoms with E-state index < -0.39 is 0 Å². The van der Waals surface area contributed by atoms with Crippen molar-refractivity contribution in [3.8, 4) is 16.3 Å². The molecule has 4 rings (SSSR count). The zero-order chi connectivity index (χ0) is 19.9. The van der Waals surface area contributed by atoms with E-state index in [1.54, 1.807) is 17.4 Å². The van der Waals surface area contributed by atoms with Gasteiger partial charge in [0.05, 0.1) is 10.6 Å². The minimum Gasteiger partial charge on any atom is -0.489 e. The first-order valence-corrected chi connectivity index (χ1v) is 10.8. The smallest absolute Gasteiger partial charge is 0.250 e. The molecule has 29 heavy (non-hydrogen) atoms. The van der Waals surface area contributed by atoms with Crippen molar-refractivity contribution in [2.45, 2.75) is 6.61 Å². The lowest BCUT2D eigenvalue weighted by Crippen LogP contribution is -2.07. The Bertz CT molecular complexity index is 1100. The predicted molar refractivity (Wildman–Crippen MR) is 120 cm³/mol. The number of amides is 1. The summed E-state index contributed by atoms with van der Waals surface area (Å²) in [4.78, 5) is 17.8. The molecule has 0 saturated carbocycles. The van der Waals surface area contributed by atoms with Crippen molar-refractivity contribution in [2.75, 3.05) is 5.32 Å². The molecule has 0 unspecified atom stereocenters. The second-order valence-corrected chi connectivity index (χ2v) is 7.99. The summed E-state index contributed by atoms with van der Waals surface area (Å²) in [5, 5.41) is 7.35. The van der Waals surface area contributed by atoms with Gasteiger partial charge in [0.15, 0.2) is 5.13 Å². The Kier molecular flexibility index (Phi) is 6.14. The highest BCUT2D eigenvalue weighted by Gasteiger charge is 2.07. The summed E-state index contributed by atoms with van der Waals surface area (Å²) >= 11 is 3.04.